The van der Waals surface area contributed by atoms with Gasteiger partial charge in [0.1, 0.15) is 0 Å². The molecule has 0 amide bonds. The van der Waals surface area contributed by atoms with Gasteiger partial charge in [-0.3, -0.25) is 0 Å². The average Bonchev–Trinajstić information content (AvgIpc) is 2.50. The van der Waals surface area contributed by atoms with Gasteiger partial charge in [0.25, 0.3) is 0 Å². The number of aliphatic hydroxyl groups excluding tert-OH is 1. The molecule has 2 heteroatoms. The molecule has 0 bridgehead atoms. The Balaban J connectivity index is 1.90. The molecule has 0 saturated heterocycles. The monoisotopic (exact) mass is 277 g/mol. The van der Waals surface area contributed by atoms with Crippen LogP contribution < -0.4 is 4.90 Å². The van der Waals surface area contributed by atoms with Gasteiger partial charge in [0.15, 0.2) is 0 Å². The molecule has 0 fully saturated rings. The lowest BCUT2D eigenvalue weighted by Gasteiger charge is -2.18. The van der Waals surface area contributed by atoms with Gasteiger partial charge >= 0.3 is 0 Å². The molecule has 20 heavy (non-hydrogen) atoms. The molecule has 1 aromatic rings. The Labute approximate surface area is 124 Å². The lowest BCUT2D eigenvalue weighted by Crippen LogP contribution is -2.18. The molecule has 0 heterocycles. The Morgan fingerprint density at radius 2 is 1.25 bits per heavy atom. The number of unbranched alkanes of at least 4 members (excludes halogenated alkanes) is 8. The van der Waals surface area contributed by atoms with E-state index >= 15 is 0 Å². The van der Waals surface area contributed by atoms with E-state index in [1.54, 1.807) is 0 Å². The zero-order valence-corrected chi connectivity index (χ0v) is 13.1. The van der Waals surface area contributed by atoms with Crippen LogP contribution in [0.3, 0.4) is 0 Å². The number of hydrogen-bond donors (Lipinski definition) is 1. The second kappa shape index (κ2) is 11.8. The number of rotatable bonds is 12. The molecule has 0 spiro atoms. The van der Waals surface area contributed by atoms with Crippen LogP contribution >= 0.6 is 0 Å². The number of hydrogen-bond acceptors (Lipinski definition) is 2. The van der Waals surface area contributed by atoms with Crippen molar-refractivity contribution >= 4 is 5.69 Å². The smallest absolute Gasteiger partial charge is 0.0431 e. The van der Waals surface area contributed by atoms with Gasteiger partial charge in [-0.15, -0.1) is 0 Å². The predicted molar refractivity (Wildman–Crippen MR) is 88.4 cm³/mol. The van der Waals surface area contributed by atoms with Crippen LogP contribution in [-0.2, 0) is 0 Å². The Bertz CT molecular complexity index is 312. The molecule has 0 atom stereocenters. The van der Waals surface area contributed by atoms with Crippen LogP contribution in [0.1, 0.15) is 57.8 Å². The molecular formula is C18H31NO. The summed E-state index contributed by atoms with van der Waals surface area (Å²) in [5, 5.41) is 8.69. The highest BCUT2D eigenvalue weighted by Crippen LogP contribution is 2.13. The first-order valence-corrected chi connectivity index (χ1v) is 8.21. The van der Waals surface area contributed by atoms with E-state index in [4.69, 9.17) is 5.11 Å². The first-order chi connectivity index (χ1) is 9.84. The first-order valence-electron chi connectivity index (χ1n) is 8.21. The molecule has 0 aromatic heterocycles. The molecule has 0 saturated carbocycles. The van der Waals surface area contributed by atoms with Crippen molar-refractivity contribution in [3.05, 3.63) is 30.3 Å². The largest absolute Gasteiger partial charge is 0.396 e. The van der Waals surface area contributed by atoms with Gasteiger partial charge in [-0.25, -0.2) is 0 Å². The fourth-order valence-electron chi connectivity index (χ4n) is 2.51. The van der Waals surface area contributed by atoms with Crippen molar-refractivity contribution in [1.29, 1.82) is 0 Å². The van der Waals surface area contributed by atoms with Crippen molar-refractivity contribution in [2.75, 3.05) is 25.1 Å². The van der Waals surface area contributed by atoms with E-state index in [1.807, 2.05) is 0 Å². The second-order valence-electron chi connectivity index (χ2n) is 5.66. The minimum atomic E-state index is 0.356. The highest BCUT2D eigenvalue weighted by Gasteiger charge is 1.99. The second-order valence-corrected chi connectivity index (χ2v) is 5.66. The van der Waals surface area contributed by atoms with Gasteiger partial charge in [-0.2, -0.15) is 0 Å². The topological polar surface area (TPSA) is 23.5 Å². The summed E-state index contributed by atoms with van der Waals surface area (Å²) in [5.74, 6) is 0. The molecule has 0 aliphatic carbocycles. The Kier molecular flexibility index (Phi) is 10.0. The number of nitrogens with zero attached hydrogens (tertiary/aromatic N) is 1. The van der Waals surface area contributed by atoms with Gasteiger partial charge in [0.05, 0.1) is 0 Å². The Hall–Kier alpha value is -1.02. The fourth-order valence-corrected chi connectivity index (χ4v) is 2.51. The van der Waals surface area contributed by atoms with Gasteiger partial charge in [-0.05, 0) is 25.0 Å². The standard InChI is InChI=1S/C18H31NO/c1-19(18-14-10-9-11-15-18)16-12-7-5-3-2-4-6-8-13-17-20/h9-11,14-15,20H,2-8,12-13,16-17H2,1H3. The number of anilines is 1. The van der Waals surface area contributed by atoms with Crippen LogP contribution in [0.15, 0.2) is 30.3 Å². The van der Waals surface area contributed by atoms with E-state index in [-0.39, 0.29) is 0 Å². The van der Waals surface area contributed by atoms with Gasteiger partial charge < -0.3 is 10.0 Å². The zero-order chi connectivity index (χ0) is 14.5. The predicted octanol–water partition coefficient (Wildman–Crippen LogP) is 4.63. The average molecular weight is 277 g/mol. The molecule has 1 N–H and O–H groups in total. The fraction of sp³-hybridized carbons (Fsp3) is 0.667. The van der Waals surface area contributed by atoms with Crippen LogP contribution in [0.25, 0.3) is 0 Å². The molecule has 1 rings (SSSR count). The number of aliphatic hydroxyl groups is 1. The molecule has 0 aliphatic rings. The third-order valence-electron chi connectivity index (χ3n) is 3.85. The van der Waals surface area contributed by atoms with Crippen molar-refractivity contribution in [3.8, 4) is 0 Å². The minimum absolute atomic E-state index is 0.356. The zero-order valence-electron chi connectivity index (χ0n) is 13.1. The molecule has 0 radical (unpaired) electrons. The third kappa shape index (κ3) is 8.21. The summed E-state index contributed by atoms with van der Waals surface area (Å²) in [6, 6.07) is 10.6. The Morgan fingerprint density at radius 3 is 1.80 bits per heavy atom. The highest BCUT2D eigenvalue weighted by molar-refractivity contribution is 5.44. The summed E-state index contributed by atoms with van der Waals surface area (Å²) < 4.78 is 0. The number of para-hydroxylation sites is 1. The maximum atomic E-state index is 8.69. The van der Waals surface area contributed by atoms with Crippen LogP contribution in [0.4, 0.5) is 5.69 Å². The lowest BCUT2D eigenvalue weighted by molar-refractivity contribution is 0.282. The normalized spacial score (nSPS) is 10.7. The maximum absolute atomic E-state index is 8.69. The van der Waals surface area contributed by atoms with Crippen molar-refractivity contribution < 1.29 is 5.11 Å². The highest BCUT2D eigenvalue weighted by atomic mass is 16.2. The van der Waals surface area contributed by atoms with E-state index in [9.17, 15) is 0 Å². The molecule has 114 valence electrons. The van der Waals surface area contributed by atoms with E-state index in [1.165, 1.54) is 57.1 Å². The van der Waals surface area contributed by atoms with Crippen molar-refractivity contribution in [3.63, 3.8) is 0 Å². The van der Waals surface area contributed by atoms with Gasteiger partial charge in [0.2, 0.25) is 0 Å². The Morgan fingerprint density at radius 1 is 0.750 bits per heavy atom. The first kappa shape index (κ1) is 17.0. The van der Waals surface area contributed by atoms with E-state index in [2.05, 4.69) is 42.3 Å². The molecular weight excluding hydrogens is 246 g/mol. The van der Waals surface area contributed by atoms with Crippen LogP contribution in [0, 0.1) is 0 Å². The maximum Gasteiger partial charge on any atom is 0.0431 e. The van der Waals surface area contributed by atoms with Gasteiger partial charge in [-0.1, -0.05) is 63.1 Å². The minimum Gasteiger partial charge on any atom is -0.396 e. The summed E-state index contributed by atoms with van der Waals surface area (Å²) in [6.45, 7) is 1.51. The van der Waals surface area contributed by atoms with Crippen molar-refractivity contribution in [1.82, 2.24) is 0 Å². The van der Waals surface area contributed by atoms with E-state index in [0.717, 1.165) is 13.0 Å². The summed E-state index contributed by atoms with van der Waals surface area (Å²) >= 11 is 0. The van der Waals surface area contributed by atoms with Crippen LogP contribution in [0.2, 0.25) is 0 Å². The lowest BCUT2D eigenvalue weighted by atomic mass is 10.1. The van der Waals surface area contributed by atoms with Crippen LogP contribution in [0.5, 0.6) is 0 Å². The molecule has 0 aliphatic heterocycles. The molecule has 1 aromatic carbocycles. The SMILES string of the molecule is CN(CCCCCCCCCCCO)c1ccccc1. The van der Waals surface area contributed by atoms with Gasteiger partial charge in [0, 0.05) is 25.9 Å². The molecule has 2 nitrogen and oxygen atoms in total. The van der Waals surface area contributed by atoms with Crippen LogP contribution in [-0.4, -0.2) is 25.3 Å². The summed E-state index contributed by atoms with van der Waals surface area (Å²) in [5.41, 5.74) is 1.32. The summed E-state index contributed by atoms with van der Waals surface area (Å²) in [7, 11) is 2.18. The number of benzene rings is 1. The summed E-state index contributed by atoms with van der Waals surface area (Å²) in [4.78, 5) is 2.34. The summed E-state index contributed by atoms with van der Waals surface area (Å²) in [6.07, 6.45) is 11.5. The quantitative estimate of drug-likeness (QED) is 0.563. The van der Waals surface area contributed by atoms with E-state index < -0.39 is 0 Å². The van der Waals surface area contributed by atoms with Crippen molar-refractivity contribution in [2.24, 2.45) is 0 Å². The van der Waals surface area contributed by atoms with Crippen molar-refractivity contribution in [2.45, 2.75) is 57.8 Å². The molecule has 0 unspecified atom stereocenters. The third-order valence-corrected chi connectivity index (χ3v) is 3.85. The van der Waals surface area contributed by atoms with E-state index in [0.29, 0.717) is 6.61 Å².